The number of carbonyl (C=O) groups is 3. The van der Waals surface area contributed by atoms with Gasteiger partial charge in [0, 0.05) is 12.0 Å². The van der Waals surface area contributed by atoms with E-state index in [1.54, 1.807) is 61.5 Å². The monoisotopic (exact) mass is 340 g/mol. The molecule has 5 nitrogen and oxygen atoms in total. The summed E-state index contributed by atoms with van der Waals surface area (Å²) in [5.41, 5.74) is 1.76. The minimum Gasteiger partial charge on any atom is -0.442 e. The Labute approximate surface area is 146 Å². The zero-order valence-corrected chi connectivity index (χ0v) is 14.2. The van der Waals surface area contributed by atoms with E-state index in [1.807, 2.05) is 6.92 Å². The minimum absolute atomic E-state index is 0.124. The summed E-state index contributed by atoms with van der Waals surface area (Å²) in [6, 6.07) is 15.3. The SMILES string of the molecule is CCCC(=O)OC(=O)C(OC(=O)c1ccc(C)cc1)c1ccccc1. The molecular weight excluding hydrogens is 320 g/mol. The molecule has 2 rings (SSSR count). The van der Waals surface area contributed by atoms with Gasteiger partial charge in [-0.25, -0.2) is 9.59 Å². The molecule has 0 fully saturated rings. The maximum absolute atomic E-state index is 12.3. The highest BCUT2D eigenvalue weighted by Gasteiger charge is 2.28. The zero-order valence-electron chi connectivity index (χ0n) is 14.2. The molecule has 0 saturated carbocycles. The van der Waals surface area contributed by atoms with Crippen molar-refractivity contribution in [2.75, 3.05) is 0 Å². The van der Waals surface area contributed by atoms with Crippen molar-refractivity contribution in [1.82, 2.24) is 0 Å². The topological polar surface area (TPSA) is 69.7 Å². The second-order valence-electron chi connectivity index (χ2n) is 5.61. The molecular formula is C20H20O5. The van der Waals surface area contributed by atoms with Crippen molar-refractivity contribution in [3.8, 4) is 0 Å². The van der Waals surface area contributed by atoms with Gasteiger partial charge in [0.1, 0.15) is 0 Å². The second kappa shape index (κ2) is 8.78. The lowest BCUT2D eigenvalue weighted by molar-refractivity contribution is -0.166. The van der Waals surface area contributed by atoms with Crippen LogP contribution in [0.4, 0.5) is 0 Å². The molecule has 0 bridgehead atoms. The third kappa shape index (κ3) is 5.28. The van der Waals surface area contributed by atoms with Gasteiger partial charge in [0.15, 0.2) is 0 Å². The van der Waals surface area contributed by atoms with Crippen LogP contribution in [0.25, 0.3) is 0 Å². The molecule has 0 spiro atoms. The van der Waals surface area contributed by atoms with Gasteiger partial charge in [0.2, 0.25) is 6.10 Å². The van der Waals surface area contributed by atoms with Crippen LogP contribution in [-0.2, 0) is 19.1 Å². The van der Waals surface area contributed by atoms with Crippen LogP contribution >= 0.6 is 0 Å². The highest BCUT2D eigenvalue weighted by atomic mass is 16.6. The van der Waals surface area contributed by atoms with Crippen molar-refractivity contribution in [1.29, 1.82) is 0 Å². The Morgan fingerprint density at radius 3 is 2.20 bits per heavy atom. The number of carbonyl (C=O) groups excluding carboxylic acids is 3. The van der Waals surface area contributed by atoms with Crippen molar-refractivity contribution in [3.63, 3.8) is 0 Å². The van der Waals surface area contributed by atoms with Crippen molar-refractivity contribution in [3.05, 3.63) is 71.3 Å². The molecule has 0 aliphatic carbocycles. The minimum atomic E-state index is -1.30. The number of ether oxygens (including phenoxy) is 2. The molecule has 25 heavy (non-hydrogen) atoms. The van der Waals surface area contributed by atoms with Gasteiger partial charge < -0.3 is 9.47 Å². The van der Waals surface area contributed by atoms with Gasteiger partial charge in [-0.3, -0.25) is 4.79 Å². The summed E-state index contributed by atoms with van der Waals surface area (Å²) in [6.45, 7) is 3.70. The third-order valence-electron chi connectivity index (χ3n) is 3.50. The molecule has 0 radical (unpaired) electrons. The molecule has 1 atom stereocenters. The Morgan fingerprint density at radius 1 is 0.960 bits per heavy atom. The van der Waals surface area contributed by atoms with Crippen molar-refractivity contribution in [2.45, 2.75) is 32.8 Å². The van der Waals surface area contributed by atoms with Crippen LogP contribution in [0, 0.1) is 6.92 Å². The molecule has 0 amide bonds. The van der Waals surface area contributed by atoms with Crippen LogP contribution in [0.3, 0.4) is 0 Å². The van der Waals surface area contributed by atoms with Crippen molar-refractivity contribution in [2.24, 2.45) is 0 Å². The first-order chi connectivity index (χ1) is 12.0. The fraction of sp³-hybridized carbons (Fsp3) is 0.250. The maximum atomic E-state index is 12.3. The fourth-order valence-electron chi connectivity index (χ4n) is 2.17. The van der Waals surface area contributed by atoms with E-state index in [1.165, 1.54) is 0 Å². The summed E-state index contributed by atoms with van der Waals surface area (Å²) < 4.78 is 10.1. The average Bonchev–Trinajstić information content (AvgIpc) is 2.61. The summed E-state index contributed by atoms with van der Waals surface area (Å²) >= 11 is 0. The number of aryl methyl sites for hydroxylation is 1. The van der Waals surface area contributed by atoms with Gasteiger partial charge in [-0.05, 0) is 25.5 Å². The number of esters is 3. The molecule has 0 aliphatic heterocycles. The summed E-state index contributed by atoms with van der Waals surface area (Å²) in [5, 5.41) is 0. The summed E-state index contributed by atoms with van der Waals surface area (Å²) in [5.74, 6) is -2.20. The van der Waals surface area contributed by atoms with E-state index in [0.29, 0.717) is 17.5 Å². The van der Waals surface area contributed by atoms with E-state index in [0.717, 1.165) is 5.56 Å². The molecule has 0 saturated heterocycles. The Hall–Kier alpha value is -2.95. The Kier molecular flexibility index (Phi) is 6.46. The predicted octanol–water partition coefficient (Wildman–Crippen LogP) is 3.76. The van der Waals surface area contributed by atoms with Crippen LogP contribution in [0.15, 0.2) is 54.6 Å². The smallest absolute Gasteiger partial charge is 0.359 e. The van der Waals surface area contributed by atoms with E-state index in [-0.39, 0.29) is 6.42 Å². The van der Waals surface area contributed by atoms with E-state index < -0.39 is 24.0 Å². The molecule has 130 valence electrons. The van der Waals surface area contributed by atoms with Gasteiger partial charge in [-0.1, -0.05) is 55.0 Å². The Bertz CT molecular complexity index is 734. The first-order valence-electron chi connectivity index (χ1n) is 8.08. The number of benzene rings is 2. The molecule has 0 aromatic heterocycles. The highest BCUT2D eigenvalue weighted by Crippen LogP contribution is 2.21. The lowest BCUT2D eigenvalue weighted by Gasteiger charge is -2.16. The summed E-state index contributed by atoms with van der Waals surface area (Å²) in [7, 11) is 0. The average molecular weight is 340 g/mol. The van der Waals surface area contributed by atoms with E-state index in [9.17, 15) is 14.4 Å². The van der Waals surface area contributed by atoms with Gasteiger partial charge in [-0.15, -0.1) is 0 Å². The zero-order chi connectivity index (χ0) is 18.2. The molecule has 1 unspecified atom stereocenters. The molecule has 5 heteroatoms. The van der Waals surface area contributed by atoms with Gasteiger partial charge >= 0.3 is 17.9 Å². The molecule has 0 heterocycles. The van der Waals surface area contributed by atoms with Crippen LogP contribution in [-0.4, -0.2) is 17.9 Å². The first-order valence-corrected chi connectivity index (χ1v) is 8.08. The number of hydrogen-bond acceptors (Lipinski definition) is 5. The van der Waals surface area contributed by atoms with Crippen LogP contribution < -0.4 is 0 Å². The highest BCUT2D eigenvalue weighted by molar-refractivity contribution is 5.94. The number of rotatable bonds is 6. The van der Waals surface area contributed by atoms with Crippen LogP contribution in [0.2, 0.25) is 0 Å². The lowest BCUT2D eigenvalue weighted by Crippen LogP contribution is -2.24. The van der Waals surface area contributed by atoms with E-state index in [4.69, 9.17) is 9.47 Å². The van der Waals surface area contributed by atoms with Gasteiger partial charge in [0.05, 0.1) is 5.56 Å². The normalized spacial score (nSPS) is 11.4. The van der Waals surface area contributed by atoms with Gasteiger partial charge in [-0.2, -0.15) is 0 Å². The predicted molar refractivity (Wildman–Crippen MR) is 91.8 cm³/mol. The van der Waals surface area contributed by atoms with Crippen LogP contribution in [0.1, 0.15) is 47.4 Å². The fourth-order valence-corrected chi connectivity index (χ4v) is 2.17. The number of hydrogen-bond donors (Lipinski definition) is 0. The van der Waals surface area contributed by atoms with Crippen molar-refractivity contribution < 1.29 is 23.9 Å². The lowest BCUT2D eigenvalue weighted by atomic mass is 10.1. The maximum Gasteiger partial charge on any atom is 0.359 e. The van der Waals surface area contributed by atoms with Crippen LogP contribution in [0.5, 0.6) is 0 Å². The standard InChI is InChI=1S/C20H20O5/c1-3-7-17(21)24-20(23)18(15-8-5-4-6-9-15)25-19(22)16-12-10-14(2)11-13-16/h4-6,8-13,18H,3,7H2,1-2H3. The van der Waals surface area contributed by atoms with E-state index >= 15 is 0 Å². The largest absolute Gasteiger partial charge is 0.442 e. The van der Waals surface area contributed by atoms with Gasteiger partial charge in [0.25, 0.3) is 0 Å². The Morgan fingerprint density at radius 2 is 1.60 bits per heavy atom. The van der Waals surface area contributed by atoms with E-state index in [2.05, 4.69) is 0 Å². The summed E-state index contributed by atoms with van der Waals surface area (Å²) in [4.78, 5) is 36.3. The van der Waals surface area contributed by atoms with Crippen molar-refractivity contribution >= 4 is 17.9 Å². The summed E-state index contributed by atoms with van der Waals surface area (Å²) in [6.07, 6.45) is -0.611. The molecule has 2 aromatic carbocycles. The molecule has 0 aliphatic rings. The third-order valence-corrected chi connectivity index (χ3v) is 3.50. The molecule has 2 aromatic rings. The second-order valence-corrected chi connectivity index (χ2v) is 5.61. The quantitative estimate of drug-likeness (QED) is 0.591. The molecule has 0 N–H and O–H groups in total. The first kappa shape index (κ1) is 18.4. The Balaban J connectivity index is 2.20.